The summed E-state index contributed by atoms with van der Waals surface area (Å²) in [7, 11) is 2.99. The van der Waals surface area contributed by atoms with Crippen molar-refractivity contribution in [3.05, 3.63) is 42.5 Å². The van der Waals surface area contributed by atoms with Crippen molar-refractivity contribution in [3.8, 4) is 11.5 Å². The first kappa shape index (κ1) is 18.1. The quantitative estimate of drug-likeness (QED) is 0.513. The average Bonchev–Trinajstić information content (AvgIpc) is 2.86. The molecule has 0 aromatic heterocycles. The molecule has 0 amide bonds. The number of hydrogen-bond donors (Lipinski definition) is 0. The summed E-state index contributed by atoms with van der Waals surface area (Å²) in [4.78, 5) is 0. The monoisotopic (exact) mass is 364 g/mol. The summed E-state index contributed by atoms with van der Waals surface area (Å²) >= 11 is 0. The van der Waals surface area contributed by atoms with Gasteiger partial charge >= 0.3 is 7.12 Å². The molecule has 0 aliphatic carbocycles. The topological polar surface area (TPSA) is 36.9 Å². The minimum absolute atomic E-state index is 0.377. The molecule has 4 nitrogen and oxygen atoms in total. The van der Waals surface area contributed by atoms with E-state index in [0.717, 1.165) is 38.5 Å². The maximum Gasteiger partial charge on any atom is 0.494 e. The summed E-state index contributed by atoms with van der Waals surface area (Å²) in [6, 6.07) is 14.3. The van der Waals surface area contributed by atoms with Crippen LogP contribution in [0.4, 0.5) is 0 Å². The van der Waals surface area contributed by atoms with E-state index in [-0.39, 0.29) is 11.2 Å². The molecule has 0 spiro atoms. The predicted octanol–water partition coefficient (Wildman–Crippen LogP) is 4.31. The van der Waals surface area contributed by atoms with Crippen LogP contribution in [0.2, 0.25) is 0 Å². The van der Waals surface area contributed by atoms with Crippen LogP contribution < -0.4 is 14.9 Å². The van der Waals surface area contributed by atoms with Crippen molar-refractivity contribution in [2.45, 2.75) is 38.9 Å². The van der Waals surface area contributed by atoms with Gasteiger partial charge in [0.15, 0.2) is 0 Å². The fourth-order valence-corrected chi connectivity index (χ4v) is 3.68. The zero-order valence-corrected chi connectivity index (χ0v) is 16.8. The first-order valence-electron chi connectivity index (χ1n) is 9.21. The van der Waals surface area contributed by atoms with Gasteiger partial charge in [0, 0.05) is 21.5 Å². The average molecular weight is 364 g/mol. The molecule has 27 heavy (non-hydrogen) atoms. The normalized spacial score (nSPS) is 18.2. The van der Waals surface area contributed by atoms with E-state index in [0.29, 0.717) is 0 Å². The van der Waals surface area contributed by atoms with Gasteiger partial charge in [0.1, 0.15) is 11.5 Å². The summed E-state index contributed by atoms with van der Waals surface area (Å²) in [5.41, 5.74) is 0.215. The van der Waals surface area contributed by atoms with Crippen LogP contribution in [0.25, 0.3) is 21.5 Å². The Morgan fingerprint density at radius 1 is 0.704 bits per heavy atom. The first-order valence-corrected chi connectivity index (χ1v) is 9.21. The van der Waals surface area contributed by atoms with E-state index >= 15 is 0 Å². The van der Waals surface area contributed by atoms with Crippen molar-refractivity contribution < 1.29 is 18.8 Å². The van der Waals surface area contributed by atoms with Crippen molar-refractivity contribution >= 4 is 34.1 Å². The summed E-state index contributed by atoms with van der Waals surface area (Å²) < 4.78 is 24.0. The van der Waals surface area contributed by atoms with E-state index < -0.39 is 7.12 Å². The Kier molecular flexibility index (Phi) is 4.13. The summed E-state index contributed by atoms with van der Waals surface area (Å²) in [6.07, 6.45) is 0. The van der Waals surface area contributed by atoms with Crippen LogP contribution in [0.1, 0.15) is 27.7 Å². The Morgan fingerprint density at radius 3 is 1.70 bits per heavy atom. The number of ether oxygens (including phenoxy) is 2. The fourth-order valence-electron chi connectivity index (χ4n) is 3.68. The van der Waals surface area contributed by atoms with Gasteiger partial charge in [0.2, 0.25) is 0 Å². The van der Waals surface area contributed by atoms with Gasteiger partial charge in [-0.05, 0) is 33.2 Å². The lowest BCUT2D eigenvalue weighted by atomic mass is 9.78. The Bertz CT molecular complexity index is 1010. The van der Waals surface area contributed by atoms with Gasteiger partial charge in [-0.2, -0.15) is 0 Å². The molecule has 1 saturated heterocycles. The molecule has 0 N–H and O–H groups in total. The number of benzene rings is 3. The van der Waals surface area contributed by atoms with Crippen LogP contribution in [0.3, 0.4) is 0 Å². The molecule has 0 unspecified atom stereocenters. The third-order valence-corrected chi connectivity index (χ3v) is 5.88. The Morgan fingerprint density at radius 2 is 1.19 bits per heavy atom. The molecular formula is C22H25BO4. The van der Waals surface area contributed by atoms with Gasteiger partial charge in [-0.3, -0.25) is 0 Å². The molecule has 5 heteroatoms. The molecule has 1 fully saturated rings. The smallest absolute Gasteiger partial charge is 0.494 e. The highest BCUT2D eigenvalue weighted by molar-refractivity contribution is 6.62. The molecule has 0 bridgehead atoms. The second kappa shape index (κ2) is 6.15. The zero-order chi connectivity index (χ0) is 19.4. The second-order valence-electron chi connectivity index (χ2n) is 8.01. The SMILES string of the molecule is COc1c2ccccc2c(OC)c2cc(B3OC(C)(C)C(C)(C)O3)ccc12. The number of methoxy groups -OCH3 is 2. The number of rotatable bonds is 3. The molecule has 3 aromatic rings. The molecule has 0 atom stereocenters. The Hall–Kier alpha value is -2.24. The molecule has 140 valence electrons. The lowest BCUT2D eigenvalue weighted by molar-refractivity contribution is 0.00578. The largest absolute Gasteiger partial charge is 0.495 e. The van der Waals surface area contributed by atoms with E-state index in [1.807, 2.05) is 18.2 Å². The first-order chi connectivity index (χ1) is 12.8. The van der Waals surface area contributed by atoms with Gasteiger partial charge in [-0.25, -0.2) is 0 Å². The molecule has 4 rings (SSSR count). The lowest BCUT2D eigenvalue weighted by Gasteiger charge is -2.32. The van der Waals surface area contributed by atoms with Gasteiger partial charge < -0.3 is 18.8 Å². The van der Waals surface area contributed by atoms with Gasteiger partial charge in [0.25, 0.3) is 0 Å². The number of fused-ring (bicyclic) bond motifs is 2. The molecule has 1 aliphatic rings. The highest BCUT2D eigenvalue weighted by Crippen LogP contribution is 2.42. The third-order valence-electron chi connectivity index (χ3n) is 5.88. The molecular weight excluding hydrogens is 339 g/mol. The van der Waals surface area contributed by atoms with E-state index in [4.69, 9.17) is 18.8 Å². The fraction of sp³-hybridized carbons (Fsp3) is 0.364. The molecule has 3 aromatic carbocycles. The third kappa shape index (κ3) is 2.68. The summed E-state index contributed by atoms with van der Waals surface area (Å²) in [5, 5.41) is 4.05. The molecule has 0 radical (unpaired) electrons. The van der Waals surface area contributed by atoms with E-state index in [2.05, 4.69) is 52.0 Å². The maximum absolute atomic E-state index is 6.22. The molecule has 1 heterocycles. The lowest BCUT2D eigenvalue weighted by Crippen LogP contribution is -2.41. The van der Waals surface area contributed by atoms with E-state index in [1.165, 1.54) is 0 Å². The van der Waals surface area contributed by atoms with Crippen LogP contribution in [-0.4, -0.2) is 32.5 Å². The van der Waals surface area contributed by atoms with Crippen LogP contribution >= 0.6 is 0 Å². The predicted molar refractivity (Wildman–Crippen MR) is 110 cm³/mol. The van der Waals surface area contributed by atoms with Crippen LogP contribution in [0.15, 0.2) is 42.5 Å². The van der Waals surface area contributed by atoms with Crippen LogP contribution in [0.5, 0.6) is 11.5 Å². The standard InChI is InChI=1S/C22H25BO4/c1-21(2)22(3,4)27-23(26-21)14-11-12-17-18(13-14)20(25-6)16-10-8-7-9-15(16)19(17)24-5/h7-13H,1-6H3. The van der Waals surface area contributed by atoms with Gasteiger partial charge in [-0.1, -0.05) is 42.5 Å². The second-order valence-corrected chi connectivity index (χ2v) is 8.01. The minimum Gasteiger partial charge on any atom is -0.495 e. The van der Waals surface area contributed by atoms with Crippen molar-refractivity contribution in [2.75, 3.05) is 14.2 Å². The van der Waals surface area contributed by atoms with Crippen molar-refractivity contribution in [1.82, 2.24) is 0 Å². The van der Waals surface area contributed by atoms with Crippen molar-refractivity contribution in [2.24, 2.45) is 0 Å². The molecule has 0 saturated carbocycles. The van der Waals surface area contributed by atoms with Crippen molar-refractivity contribution in [1.29, 1.82) is 0 Å². The molecule has 1 aliphatic heterocycles. The van der Waals surface area contributed by atoms with Gasteiger partial charge in [0.05, 0.1) is 25.4 Å². The Labute approximate surface area is 160 Å². The van der Waals surface area contributed by atoms with Crippen molar-refractivity contribution in [3.63, 3.8) is 0 Å². The highest BCUT2D eigenvalue weighted by Gasteiger charge is 2.51. The van der Waals surface area contributed by atoms with E-state index in [9.17, 15) is 0 Å². The number of hydrogen-bond acceptors (Lipinski definition) is 4. The summed E-state index contributed by atoms with van der Waals surface area (Å²) in [6.45, 7) is 8.24. The van der Waals surface area contributed by atoms with Gasteiger partial charge in [-0.15, -0.1) is 0 Å². The van der Waals surface area contributed by atoms with Crippen LogP contribution in [-0.2, 0) is 9.31 Å². The maximum atomic E-state index is 6.22. The summed E-state index contributed by atoms with van der Waals surface area (Å²) in [5.74, 6) is 1.68. The minimum atomic E-state index is -0.415. The zero-order valence-electron chi connectivity index (χ0n) is 16.8. The van der Waals surface area contributed by atoms with E-state index in [1.54, 1.807) is 14.2 Å². The van der Waals surface area contributed by atoms with Crippen LogP contribution in [0, 0.1) is 0 Å². The Balaban J connectivity index is 1.94. The highest BCUT2D eigenvalue weighted by atomic mass is 16.7.